The predicted octanol–water partition coefficient (Wildman–Crippen LogP) is 1.15. The first kappa shape index (κ1) is 10.7. The summed E-state index contributed by atoms with van der Waals surface area (Å²) in [6.07, 6.45) is 1.07. The second-order valence-corrected chi connectivity index (χ2v) is 4.91. The summed E-state index contributed by atoms with van der Waals surface area (Å²) in [5, 5.41) is 0.684. The molecule has 0 aromatic rings. The van der Waals surface area contributed by atoms with Crippen LogP contribution in [-0.2, 0) is 0 Å². The molecular formula is C9H19N3S. The average Bonchev–Trinajstić information content (AvgIpc) is 2.14. The van der Waals surface area contributed by atoms with Gasteiger partial charge >= 0.3 is 0 Å². The van der Waals surface area contributed by atoms with Crippen LogP contribution in [0.25, 0.3) is 0 Å². The number of rotatable bonds is 2. The molecule has 1 saturated heterocycles. The largest absolute Gasteiger partial charge is 0.370 e. The second kappa shape index (κ2) is 5.37. The maximum atomic E-state index is 5.86. The summed E-state index contributed by atoms with van der Waals surface area (Å²) in [6, 6.07) is 0. The molecule has 1 unspecified atom stereocenters. The Morgan fingerprint density at radius 2 is 2.46 bits per heavy atom. The summed E-state index contributed by atoms with van der Waals surface area (Å²) in [5.74, 6) is 1.90. The molecule has 3 nitrogen and oxygen atoms in total. The second-order valence-electron chi connectivity index (χ2n) is 3.37. The average molecular weight is 201 g/mol. The van der Waals surface area contributed by atoms with E-state index in [9.17, 15) is 0 Å². The van der Waals surface area contributed by atoms with Crippen LogP contribution in [0.15, 0.2) is 4.99 Å². The van der Waals surface area contributed by atoms with Crippen LogP contribution in [-0.4, -0.2) is 41.5 Å². The number of thioether (sulfide) groups is 1. The molecule has 2 N–H and O–H groups in total. The van der Waals surface area contributed by atoms with Gasteiger partial charge in [-0.2, -0.15) is 11.8 Å². The van der Waals surface area contributed by atoms with Gasteiger partial charge in [-0.05, 0) is 6.42 Å². The van der Waals surface area contributed by atoms with Gasteiger partial charge in [-0.25, -0.2) is 0 Å². The predicted molar refractivity (Wildman–Crippen MR) is 60.3 cm³/mol. The van der Waals surface area contributed by atoms with Gasteiger partial charge in [0.25, 0.3) is 0 Å². The van der Waals surface area contributed by atoms with Gasteiger partial charge in [-0.15, -0.1) is 0 Å². The van der Waals surface area contributed by atoms with Crippen molar-refractivity contribution in [1.29, 1.82) is 0 Å². The third kappa shape index (κ3) is 3.46. The molecule has 0 spiro atoms. The lowest BCUT2D eigenvalue weighted by molar-refractivity contribution is 0.429. The van der Waals surface area contributed by atoms with Crippen molar-refractivity contribution < 1.29 is 0 Å². The van der Waals surface area contributed by atoms with E-state index in [1.165, 1.54) is 5.75 Å². The zero-order valence-corrected chi connectivity index (χ0v) is 9.31. The van der Waals surface area contributed by atoms with Crippen molar-refractivity contribution in [3.8, 4) is 0 Å². The molecule has 4 heteroatoms. The van der Waals surface area contributed by atoms with Crippen LogP contribution < -0.4 is 5.73 Å². The van der Waals surface area contributed by atoms with Crippen LogP contribution in [0.5, 0.6) is 0 Å². The number of guanidine groups is 1. The molecule has 0 radical (unpaired) electrons. The van der Waals surface area contributed by atoms with Crippen molar-refractivity contribution in [1.82, 2.24) is 4.90 Å². The molecule has 0 aromatic carbocycles. The fourth-order valence-electron chi connectivity index (χ4n) is 1.35. The normalized spacial score (nSPS) is 24.9. The third-order valence-electron chi connectivity index (χ3n) is 2.06. The first-order chi connectivity index (χ1) is 6.24. The fourth-order valence-corrected chi connectivity index (χ4v) is 2.37. The van der Waals surface area contributed by atoms with Gasteiger partial charge in [0.05, 0.1) is 0 Å². The molecule has 1 fully saturated rings. The highest BCUT2D eigenvalue weighted by Crippen LogP contribution is 2.17. The number of hydrogen-bond donors (Lipinski definition) is 1. The van der Waals surface area contributed by atoms with Gasteiger partial charge in [0.15, 0.2) is 5.96 Å². The maximum Gasteiger partial charge on any atom is 0.191 e. The minimum absolute atomic E-state index is 0.684. The highest BCUT2D eigenvalue weighted by molar-refractivity contribution is 7.99. The highest BCUT2D eigenvalue weighted by atomic mass is 32.2. The van der Waals surface area contributed by atoms with Crippen LogP contribution in [0.3, 0.4) is 0 Å². The third-order valence-corrected chi connectivity index (χ3v) is 3.20. The molecule has 0 aliphatic carbocycles. The topological polar surface area (TPSA) is 41.6 Å². The van der Waals surface area contributed by atoms with E-state index < -0.39 is 0 Å². The number of hydrogen-bond acceptors (Lipinski definition) is 2. The van der Waals surface area contributed by atoms with Crippen LogP contribution >= 0.6 is 11.8 Å². The molecule has 76 valence electrons. The smallest absolute Gasteiger partial charge is 0.191 e. The molecule has 1 atom stereocenters. The molecule has 0 saturated carbocycles. The van der Waals surface area contributed by atoms with Crippen molar-refractivity contribution >= 4 is 17.7 Å². The van der Waals surface area contributed by atoms with E-state index >= 15 is 0 Å². The molecule has 13 heavy (non-hydrogen) atoms. The lowest BCUT2D eigenvalue weighted by Crippen LogP contribution is -2.45. The summed E-state index contributed by atoms with van der Waals surface area (Å²) >= 11 is 2.01. The van der Waals surface area contributed by atoms with Crippen molar-refractivity contribution in [2.75, 3.05) is 25.4 Å². The zero-order valence-electron chi connectivity index (χ0n) is 8.49. The molecule has 1 aliphatic heterocycles. The molecule has 1 heterocycles. The van der Waals surface area contributed by atoms with Crippen LogP contribution in [0.2, 0.25) is 0 Å². The van der Waals surface area contributed by atoms with Gasteiger partial charge in [-0.3, -0.25) is 4.99 Å². The molecular weight excluding hydrogens is 182 g/mol. The summed E-state index contributed by atoms with van der Waals surface area (Å²) in [5.41, 5.74) is 5.86. The zero-order chi connectivity index (χ0) is 9.68. The quantitative estimate of drug-likeness (QED) is 0.538. The van der Waals surface area contributed by atoms with Gasteiger partial charge in [0.2, 0.25) is 0 Å². The summed E-state index contributed by atoms with van der Waals surface area (Å²) in [4.78, 5) is 6.50. The van der Waals surface area contributed by atoms with E-state index in [0.717, 1.165) is 32.0 Å². The number of nitrogens with two attached hydrogens (primary N) is 1. The van der Waals surface area contributed by atoms with E-state index in [1.807, 2.05) is 11.8 Å². The molecule has 0 bridgehead atoms. The standard InChI is InChI=1S/C9H19N3S/c1-3-4-11-9(10)12-5-6-13-8(2)7-12/h8H,3-7H2,1-2H3,(H2,10,11). The minimum Gasteiger partial charge on any atom is -0.370 e. The van der Waals surface area contributed by atoms with E-state index in [2.05, 4.69) is 23.7 Å². The first-order valence-corrected chi connectivity index (χ1v) is 5.95. The van der Waals surface area contributed by atoms with Crippen LogP contribution in [0.1, 0.15) is 20.3 Å². The molecule has 0 aromatic heterocycles. The number of nitrogens with zero attached hydrogens (tertiary/aromatic N) is 2. The van der Waals surface area contributed by atoms with Gasteiger partial charge in [0, 0.05) is 30.6 Å². The van der Waals surface area contributed by atoms with Crippen LogP contribution in [0.4, 0.5) is 0 Å². The Hall–Kier alpha value is -0.380. The SMILES string of the molecule is CCCN=C(N)N1CCSC(C)C1. The van der Waals surface area contributed by atoms with Crippen molar-refractivity contribution in [2.24, 2.45) is 10.7 Å². The first-order valence-electron chi connectivity index (χ1n) is 4.90. The molecule has 1 rings (SSSR count). The van der Waals surface area contributed by atoms with E-state index in [-0.39, 0.29) is 0 Å². The fraction of sp³-hybridized carbons (Fsp3) is 0.889. The lowest BCUT2D eigenvalue weighted by Gasteiger charge is -2.31. The summed E-state index contributed by atoms with van der Waals surface area (Å²) < 4.78 is 0. The van der Waals surface area contributed by atoms with Gasteiger partial charge < -0.3 is 10.6 Å². The van der Waals surface area contributed by atoms with Crippen LogP contribution in [0, 0.1) is 0 Å². The van der Waals surface area contributed by atoms with Crippen molar-refractivity contribution in [2.45, 2.75) is 25.5 Å². The number of aliphatic imine (C=N–C) groups is 1. The summed E-state index contributed by atoms with van der Waals surface area (Å²) in [7, 11) is 0. The van der Waals surface area contributed by atoms with Crippen molar-refractivity contribution in [3.63, 3.8) is 0 Å². The molecule has 1 aliphatic rings. The lowest BCUT2D eigenvalue weighted by atomic mass is 10.4. The Morgan fingerprint density at radius 1 is 1.69 bits per heavy atom. The monoisotopic (exact) mass is 201 g/mol. The Morgan fingerprint density at radius 3 is 3.08 bits per heavy atom. The minimum atomic E-state index is 0.684. The van der Waals surface area contributed by atoms with Gasteiger partial charge in [0.1, 0.15) is 0 Å². The van der Waals surface area contributed by atoms with E-state index in [0.29, 0.717) is 5.25 Å². The van der Waals surface area contributed by atoms with Crippen molar-refractivity contribution in [3.05, 3.63) is 0 Å². The van der Waals surface area contributed by atoms with E-state index in [1.54, 1.807) is 0 Å². The highest BCUT2D eigenvalue weighted by Gasteiger charge is 2.17. The Labute approximate surface area is 84.8 Å². The maximum absolute atomic E-state index is 5.86. The Kier molecular flexibility index (Phi) is 4.42. The molecule has 0 amide bonds. The Balaban J connectivity index is 2.40. The summed E-state index contributed by atoms with van der Waals surface area (Å²) in [6.45, 7) is 7.30. The Bertz CT molecular complexity index is 182. The van der Waals surface area contributed by atoms with E-state index in [4.69, 9.17) is 5.73 Å². The van der Waals surface area contributed by atoms with Gasteiger partial charge in [-0.1, -0.05) is 13.8 Å².